The van der Waals surface area contributed by atoms with Gasteiger partial charge < -0.3 is 15.5 Å². The maximum absolute atomic E-state index is 14.7. The Morgan fingerprint density at radius 2 is 2.08 bits per heavy atom. The molecular weight excluding hydrogens is 500 g/mol. The number of nitrogens with zero attached hydrogens (tertiary/aromatic N) is 4. The number of pyridine rings is 1. The van der Waals surface area contributed by atoms with E-state index in [0.29, 0.717) is 24.0 Å². The first kappa shape index (κ1) is 27.3. The van der Waals surface area contributed by atoms with Gasteiger partial charge in [0.1, 0.15) is 12.2 Å². The molecule has 7 nitrogen and oxygen atoms in total. The Morgan fingerprint density at radius 3 is 2.76 bits per heavy atom. The van der Waals surface area contributed by atoms with Crippen molar-refractivity contribution in [1.29, 1.82) is 0 Å². The van der Waals surface area contributed by atoms with Crippen molar-refractivity contribution in [2.75, 3.05) is 32.0 Å². The average molecular weight is 531 g/mol. The van der Waals surface area contributed by atoms with Crippen molar-refractivity contribution < 1.29 is 22.4 Å². The lowest BCUT2D eigenvalue weighted by Crippen LogP contribution is -2.46. The number of fused-ring (bicyclic) bond motifs is 1. The largest absolute Gasteiger partial charge is 0.417 e. The Kier molecular flexibility index (Phi) is 8.15. The second-order valence-electron chi connectivity index (χ2n) is 9.40. The van der Waals surface area contributed by atoms with Gasteiger partial charge in [-0.1, -0.05) is 24.8 Å². The highest BCUT2D eigenvalue weighted by atomic mass is 19.4. The Bertz CT molecular complexity index is 1320. The average Bonchev–Trinajstić information content (AvgIpc) is 3.41. The third kappa shape index (κ3) is 6.21. The zero-order valence-electron chi connectivity index (χ0n) is 21.2. The number of allylic oxidation sites excluding steroid dienone is 1. The van der Waals surface area contributed by atoms with Gasteiger partial charge in [0.25, 0.3) is 0 Å². The number of anilines is 1. The SMILES string of the molecule is C=C(c1nc(/C=C/CNC(=O)C(C)n2cccn2)cc2c(N[C@@H]3CCN(C)C[C@@H]3F)cccc12)C(F)(F)F. The van der Waals surface area contributed by atoms with E-state index < -0.39 is 30.0 Å². The van der Waals surface area contributed by atoms with Crippen molar-refractivity contribution in [2.45, 2.75) is 37.8 Å². The van der Waals surface area contributed by atoms with E-state index in [0.717, 1.165) is 0 Å². The number of nitrogens with one attached hydrogen (secondary N) is 2. The number of piperidine rings is 1. The molecule has 11 heteroatoms. The minimum atomic E-state index is -4.68. The fourth-order valence-electron chi connectivity index (χ4n) is 4.41. The van der Waals surface area contributed by atoms with Gasteiger partial charge in [-0.3, -0.25) is 9.48 Å². The molecule has 4 rings (SSSR count). The molecule has 2 N–H and O–H groups in total. The fourth-order valence-corrected chi connectivity index (χ4v) is 4.41. The number of rotatable bonds is 8. The predicted molar refractivity (Wildman–Crippen MR) is 140 cm³/mol. The number of hydrogen-bond donors (Lipinski definition) is 2. The van der Waals surface area contributed by atoms with E-state index >= 15 is 0 Å². The molecule has 2 aromatic heterocycles. The summed E-state index contributed by atoms with van der Waals surface area (Å²) >= 11 is 0. The highest BCUT2D eigenvalue weighted by Crippen LogP contribution is 2.37. The number of halogens is 4. The number of likely N-dealkylation sites (tertiary alicyclic amines) is 1. The second kappa shape index (κ2) is 11.3. The van der Waals surface area contributed by atoms with Crippen molar-refractivity contribution in [3.8, 4) is 0 Å². The molecule has 0 saturated carbocycles. The first-order valence-corrected chi connectivity index (χ1v) is 12.3. The highest BCUT2D eigenvalue weighted by molar-refractivity contribution is 6.00. The minimum absolute atomic E-state index is 0.138. The maximum atomic E-state index is 14.7. The molecule has 1 aromatic carbocycles. The van der Waals surface area contributed by atoms with Crippen molar-refractivity contribution in [3.05, 3.63) is 66.8 Å². The smallest absolute Gasteiger partial charge is 0.379 e. The molecule has 0 aliphatic carbocycles. The van der Waals surface area contributed by atoms with E-state index in [1.165, 1.54) is 10.8 Å². The van der Waals surface area contributed by atoms with Crippen molar-refractivity contribution >= 4 is 34.0 Å². The van der Waals surface area contributed by atoms with Crippen LogP contribution in [0.25, 0.3) is 22.4 Å². The number of aromatic nitrogens is 3. The molecule has 3 heterocycles. The van der Waals surface area contributed by atoms with E-state index in [2.05, 4.69) is 27.3 Å². The number of hydrogen-bond acceptors (Lipinski definition) is 5. The first-order valence-electron chi connectivity index (χ1n) is 12.3. The number of carbonyl (C=O) groups is 1. The number of alkyl halides is 4. The lowest BCUT2D eigenvalue weighted by Gasteiger charge is -2.33. The zero-order chi connectivity index (χ0) is 27.4. The van der Waals surface area contributed by atoms with Gasteiger partial charge in [0.2, 0.25) is 5.91 Å². The van der Waals surface area contributed by atoms with Crippen LogP contribution < -0.4 is 10.6 Å². The van der Waals surface area contributed by atoms with Crippen LogP contribution >= 0.6 is 0 Å². The van der Waals surface area contributed by atoms with Crippen LogP contribution in [-0.4, -0.2) is 70.6 Å². The van der Waals surface area contributed by atoms with E-state index in [-0.39, 0.29) is 35.8 Å². The van der Waals surface area contributed by atoms with Crippen LogP contribution in [0.15, 0.2) is 55.4 Å². The van der Waals surface area contributed by atoms with Gasteiger partial charge in [-0.05, 0) is 44.7 Å². The first-order chi connectivity index (χ1) is 18.0. The van der Waals surface area contributed by atoms with E-state index in [1.54, 1.807) is 55.7 Å². The summed E-state index contributed by atoms with van der Waals surface area (Å²) in [5.74, 6) is -0.263. The van der Waals surface area contributed by atoms with E-state index in [4.69, 9.17) is 0 Å². The number of benzene rings is 1. The normalized spacial score (nSPS) is 19.5. The van der Waals surface area contributed by atoms with Crippen LogP contribution in [0.1, 0.15) is 30.8 Å². The number of carbonyl (C=O) groups excluding carboxylic acids is 1. The topological polar surface area (TPSA) is 75.1 Å². The minimum Gasteiger partial charge on any atom is -0.379 e. The molecule has 1 unspecified atom stereocenters. The van der Waals surface area contributed by atoms with E-state index in [9.17, 15) is 22.4 Å². The Labute approximate surface area is 218 Å². The van der Waals surface area contributed by atoms with Gasteiger partial charge in [0.05, 0.1) is 23.0 Å². The molecule has 1 saturated heterocycles. The molecule has 1 aliphatic rings. The molecular formula is C27H30F4N6O. The van der Waals surface area contributed by atoms with Crippen LogP contribution in [0.4, 0.5) is 23.2 Å². The van der Waals surface area contributed by atoms with Gasteiger partial charge in [0, 0.05) is 48.5 Å². The summed E-state index contributed by atoms with van der Waals surface area (Å²) in [6, 6.07) is 7.26. The Hall–Kier alpha value is -3.73. The standard InChI is InChI=1S/C27H30F4N6O/c1-17(27(29,30)31)25-20-8-4-9-23(35-24-10-14-36(3)16-22(24)28)21(20)15-19(34-25)7-5-11-32-26(38)18(2)37-13-6-12-33-37/h4-9,12-13,15,18,22,24,35H,1,10-11,14,16H2,2-3H3,(H,32,38)/b7-5+/t18?,22-,24+/m0/s1. The van der Waals surface area contributed by atoms with Crippen LogP contribution in [0.5, 0.6) is 0 Å². The molecule has 3 atom stereocenters. The van der Waals surface area contributed by atoms with Gasteiger partial charge in [-0.15, -0.1) is 0 Å². The summed E-state index contributed by atoms with van der Waals surface area (Å²) in [5.41, 5.74) is -0.593. The van der Waals surface area contributed by atoms with Crippen molar-refractivity contribution in [3.63, 3.8) is 0 Å². The molecule has 0 radical (unpaired) electrons. The molecule has 38 heavy (non-hydrogen) atoms. The molecule has 0 spiro atoms. The summed E-state index contributed by atoms with van der Waals surface area (Å²) in [6.07, 6.45) is 1.15. The molecule has 1 aliphatic heterocycles. The summed E-state index contributed by atoms with van der Waals surface area (Å²) in [7, 11) is 1.85. The van der Waals surface area contributed by atoms with E-state index in [1.807, 2.05) is 11.9 Å². The Morgan fingerprint density at radius 1 is 1.29 bits per heavy atom. The molecule has 1 fully saturated rings. The van der Waals surface area contributed by atoms with Crippen LogP contribution in [0.2, 0.25) is 0 Å². The van der Waals surface area contributed by atoms with Crippen molar-refractivity contribution in [2.24, 2.45) is 0 Å². The van der Waals surface area contributed by atoms with Crippen LogP contribution in [-0.2, 0) is 4.79 Å². The van der Waals surface area contributed by atoms with Gasteiger partial charge in [0.15, 0.2) is 0 Å². The lowest BCUT2D eigenvalue weighted by molar-refractivity contribution is -0.123. The van der Waals surface area contributed by atoms with Gasteiger partial charge >= 0.3 is 6.18 Å². The Balaban J connectivity index is 1.61. The number of amides is 1. The summed E-state index contributed by atoms with van der Waals surface area (Å²) in [6.45, 7) is 6.08. The predicted octanol–water partition coefficient (Wildman–Crippen LogP) is 4.85. The fraction of sp³-hybridized carbons (Fsp3) is 0.370. The lowest BCUT2D eigenvalue weighted by atomic mass is 9.99. The highest BCUT2D eigenvalue weighted by Gasteiger charge is 2.35. The molecule has 3 aromatic rings. The third-order valence-corrected chi connectivity index (χ3v) is 6.59. The van der Waals surface area contributed by atoms with Gasteiger partial charge in [-0.25, -0.2) is 9.37 Å². The monoisotopic (exact) mass is 530 g/mol. The maximum Gasteiger partial charge on any atom is 0.417 e. The van der Waals surface area contributed by atoms with Crippen LogP contribution in [0, 0.1) is 0 Å². The summed E-state index contributed by atoms with van der Waals surface area (Å²) in [4.78, 5) is 18.5. The van der Waals surface area contributed by atoms with Crippen molar-refractivity contribution in [1.82, 2.24) is 25.0 Å². The second-order valence-corrected chi connectivity index (χ2v) is 9.40. The summed E-state index contributed by atoms with van der Waals surface area (Å²) < 4.78 is 57.2. The molecule has 1 amide bonds. The summed E-state index contributed by atoms with van der Waals surface area (Å²) in [5, 5.41) is 10.7. The molecule has 0 bridgehead atoms. The van der Waals surface area contributed by atoms with Crippen LogP contribution in [0.3, 0.4) is 0 Å². The molecule has 202 valence electrons. The van der Waals surface area contributed by atoms with Gasteiger partial charge in [-0.2, -0.15) is 18.3 Å². The third-order valence-electron chi connectivity index (χ3n) is 6.59. The quantitative estimate of drug-likeness (QED) is 0.408. The zero-order valence-corrected chi connectivity index (χ0v) is 21.2.